The number of amides is 2. The number of carbonyl (C=O) groups excluding carboxylic acids is 2. The zero-order valence-electron chi connectivity index (χ0n) is 12.6. The molecule has 1 aliphatic heterocycles. The maximum Gasteiger partial charge on any atom is 0.270 e. The van der Waals surface area contributed by atoms with Gasteiger partial charge in [-0.2, -0.15) is 0 Å². The van der Waals surface area contributed by atoms with Gasteiger partial charge in [-0.3, -0.25) is 20.0 Å². The molecule has 24 heavy (non-hydrogen) atoms. The number of rotatable bonds is 3. The number of thioether (sulfide) groups is 1. The average molecular weight is 382 g/mol. The second-order valence-electron chi connectivity index (χ2n) is 5.18. The third-order valence-electron chi connectivity index (χ3n) is 3.55. The second kappa shape index (κ2) is 7.01. The predicted molar refractivity (Wildman–Crippen MR) is 94.8 cm³/mol. The van der Waals surface area contributed by atoms with Gasteiger partial charge in [0.05, 0.1) is 5.25 Å². The van der Waals surface area contributed by atoms with Crippen LogP contribution >= 0.6 is 35.0 Å². The topological polar surface area (TPSA) is 62.3 Å². The number of nitrogens with one attached hydrogen (secondary N) is 1. The molecule has 1 aromatic heterocycles. The summed E-state index contributed by atoms with van der Waals surface area (Å²) in [6.07, 6.45) is 3.04. The Morgan fingerprint density at radius 3 is 2.62 bits per heavy atom. The van der Waals surface area contributed by atoms with Crippen molar-refractivity contribution in [2.45, 2.75) is 17.5 Å². The molecule has 0 saturated carbocycles. The zero-order valence-corrected chi connectivity index (χ0v) is 14.9. The third-order valence-corrected chi connectivity index (χ3v) is 5.44. The highest BCUT2D eigenvalue weighted by molar-refractivity contribution is 8.01. The van der Waals surface area contributed by atoms with E-state index in [0.717, 1.165) is 5.56 Å². The van der Waals surface area contributed by atoms with E-state index in [0.29, 0.717) is 15.6 Å². The number of carbonyl (C=O) groups is 2. The molecule has 8 heteroatoms. The van der Waals surface area contributed by atoms with Crippen LogP contribution in [0.5, 0.6) is 0 Å². The van der Waals surface area contributed by atoms with Crippen molar-refractivity contribution in [2.75, 3.05) is 0 Å². The Kier molecular flexibility index (Phi) is 4.99. The van der Waals surface area contributed by atoms with Crippen LogP contribution in [0.2, 0.25) is 10.0 Å². The first-order chi connectivity index (χ1) is 11.5. The molecule has 0 radical (unpaired) electrons. The van der Waals surface area contributed by atoms with Gasteiger partial charge in [0, 0.05) is 33.6 Å². The molecule has 2 amide bonds. The lowest BCUT2D eigenvalue weighted by Crippen LogP contribution is -2.45. The van der Waals surface area contributed by atoms with E-state index in [9.17, 15) is 9.59 Å². The van der Waals surface area contributed by atoms with Crippen LogP contribution in [0.15, 0.2) is 42.7 Å². The van der Waals surface area contributed by atoms with Gasteiger partial charge in [-0.05, 0) is 31.2 Å². The van der Waals surface area contributed by atoms with Crippen molar-refractivity contribution >= 4 is 46.8 Å². The van der Waals surface area contributed by atoms with Crippen LogP contribution in [0, 0.1) is 0 Å². The smallest absolute Gasteiger partial charge is 0.270 e. The molecule has 2 atom stereocenters. The number of hydrazine groups is 1. The molecule has 2 heterocycles. The first-order valence-corrected chi connectivity index (χ1v) is 8.81. The molecule has 1 unspecified atom stereocenters. The molecule has 3 rings (SSSR count). The van der Waals surface area contributed by atoms with Crippen molar-refractivity contribution in [3.8, 4) is 0 Å². The minimum absolute atomic E-state index is 0.182. The normalized spacial score (nSPS) is 20.3. The van der Waals surface area contributed by atoms with Gasteiger partial charge in [0.25, 0.3) is 11.8 Å². The van der Waals surface area contributed by atoms with E-state index in [-0.39, 0.29) is 17.1 Å². The molecule has 124 valence electrons. The molecule has 5 nitrogen and oxygen atoms in total. The van der Waals surface area contributed by atoms with Crippen molar-refractivity contribution in [1.82, 2.24) is 15.4 Å². The molecule has 1 N–H and O–H groups in total. The quantitative estimate of drug-likeness (QED) is 0.880. The molecule has 1 aliphatic rings. The second-order valence-corrected chi connectivity index (χ2v) is 7.45. The standard InChI is InChI=1S/C16H13Cl2N3O2S/c1-9-15(23)21(20-14(22)10-4-6-19-7-5-10)16(24-9)12-3-2-11(17)8-13(12)18/h2-9,16H,1H3,(H,20,22)/t9-,16?/m1/s1. The summed E-state index contributed by atoms with van der Waals surface area (Å²) in [5, 5.41) is 1.58. The highest BCUT2D eigenvalue weighted by Crippen LogP contribution is 2.44. The van der Waals surface area contributed by atoms with Crippen molar-refractivity contribution in [2.24, 2.45) is 0 Å². The summed E-state index contributed by atoms with van der Waals surface area (Å²) < 4.78 is 0. The minimum atomic E-state index is -0.414. The van der Waals surface area contributed by atoms with Gasteiger partial charge in [-0.1, -0.05) is 29.3 Å². The van der Waals surface area contributed by atoms with Crippen LogP contribution in [-0.2, 0) is 4.79 Å². The predicted octanol–water partition coefficient (Wildman–Crippen LogP) is 3.70. The van der Waals surface area contributed by atoms with E-state index < -0.39 is 5.37 Å². The van der Waals surface area contributed by atoms with Gasteiger partial charge in [0.1, 0.15) is 5.37 Å². The fourth-order valence-electron chi connectivity index (χ4n) is 2.33. The molecule has 1 saturated heterocycles. The number of aromatic nitrogens is 1. The highest BCUT2D eigenvalue weighted by atomic mass is 35.5. The van der Waals surface area contributed by atoms with Crippen molar-refractivity contribution < 1.29 is 9.59 Å². The lowest BCUT2D eigenvalue weighted by atomic mass is 10.2. The molecular weight excluding hydrogens is 369 g/mol. The molecule has 0 aliphatic carbocycles. The lowest BCUT2D eigenvalue weighted by Gasteiger charge is -2.25. The summed E-state index contributed by atoms with van der Waals surface area (Å²) >= 11 is 13.6. The van der Waals surface area contributed by atoms with E-state index >= 15 is 0 Å². The van der Waals surface area contributed by atoms with Gasteiger partial charge in [-0.15, -0.1) is 11.8 Å². The summed E-state index contributed by atoms with van der Waals surface area (Å²) in [6, 6.07) is 8.25. The molecule has 2 aromatic rings. The summed E-state index contributed by atoms with van der Waals surface area (Å²) in [4.78, 5) is 28.7. The molecule has 1 fully saturated rings. The first kappa shape index (κ1) is 17.1. The fraction of sp³-hybridized carbons (Fsp3) is 0.188. The van der Waals surface area contributed by atoms with Gasteiger partial charge in [-0.25, -0.2) is 5.01 Å². The van der Waals surface area contributed by atoms with Crippen LogP contribution < -0.4 is 5.43 Å². The summed E-state index contributed by atoms with van der Waals surface area (Å²) in [6.45, 7) is 1.79. The van der Waals surface area contributed by atoms with Crippen LogP contribution in [0.25, 0.3) is 0 Å². The van der Waals surface area contributed by atoms with Crippen LogP contribution in [0.1, 0.15) is 28.2 Å². The largest absolute Gasteiger partial charge is 0.272 e. The minimum Gasteiger partial charge on any atom is -0.272 e. The van der Waals surface area contributed by atoms with Crippen molar-refractivity contribution in [3.05, 3.63) is 63.9 Å². The maximum absolute atomic E-state index is 12.4. The first-order valence-electron chi connectivity index (χ1n) is 7.12. The molecule has 0 bridgehead atoms. The molecule has 1 aromatic carbocycles. The summed E-state index contributed by atoms with van der Waals surface area (Å²) in [5.41, 5.74) is 3.81. The van der Waals surface area contributed by atoms with Crippen LogP contribution in [-0.4, -0.2) is 27.1 Å². The Balaban J connectivity index is 1.88. The number of hydrogen-bond acceptors (Lipinski definition) is 4. The summed E-state index contributed by atoms with van der Waals surface area (Å²) in [5.74, 6) is -0.561. The van der Waals surface area contributed by atoms with Gasteiger partial charge >= 0.3 is 0 Å². The van der Waals surface area contributed by atoms with Crippen molar-refractivity contribution in [1.29, 1.82) is 0 Å². The third kappa shape index (κ3) is 3.36. The Morgan fingerprint density at radius 1 is 1.25 bits per heavy atom. The van der Waals surface area contributed by atoms with E-state index in [4.69, 9.17) is 23.2 Å². The van der Waals surface area contributed by atoms with Gasteiger partial charge in [0.15, 0.2) is 0 Å². The van der Waals surface area contributed by atoms with E-state index in [2.05, 4.69) is 10.4 Å². The number of benzene rings is 1. The Bertz CT molecular complexity index is 788. The van der Waals surface area contributed by atoms with Crippen molar-refractivity contribution in [3.63, 3.8) is 0 Å². The van der Waals surface area contributed by atoms with Gasteiger partial charge in [0.2, 0.25) is 0 Å². The number of hydrogen-bond donors (Lipinski definition) is 1. The van der Waals surface area contributed by atoms with Gasteiger partial charge < -0.3 is 0 Å². The molecule has 0 spiro atoms. The van der Waals surface area contributed by atoms with E-state index in [1.165, 1.54) is 29.2 Å². The maximum atomic E-state index is 12.4. The summed E-state index contributed by atoms with van der Waals surface area (Å²) in [7, 11) is 0. The lowest BCUT2D eigenvalue weighted by molar-refractivity contribution is -0.132. The fourth-order valence-corrected chi connectivity index (χ4v) is 4.15. The van der Waals surface area contributed by atoms with Crippen LogP contribution in [0.4, 0.5) is 0 Å². The Hall–Kier alpha value is -1.76. The average Bonchev–Trinajstić information content (AvgIpc) is 2.84. The number of pyridine rings is 1. The van der Waals surface area contributed by atoms with Crippen LogP contribution in [0.3, 0.4) is 0 Å². The van der Waals surface area contributed by atoms with E-state index in [1.54, 1.807) is 37.3 Å². The zero-order chi connectivity index (χ0) is 17.3. The monoisotopic (exact) mass is 381 g/mol. The Morgan fingerprint density at radius 2 is 1.96 bits per heavy atom. The highest BCUT2D eigenvalue weighted by Gasteiger charge is 2.40. The van der Waals surface area contributed by atoms with E-state index in [1.807, 2.05) is 0 Å². The SMILES string of the molecule is C[C@H]1SC(c2ccc(Cl)cc2Cl)N(NC(=O)c2ccncc2)C1=O. The number of halogens is 2. The Labute approximate surface area is 153 Å². The number of nitrogens with zero attached hydrogens (tertiary/aromatic N) is 2. The molecular formula is C16H13Cl2N3O2S.